The lowest BCUT2D eigenvalue weighted by Crippen LogP contribution is -2.57. The Morgan fingerprint density at radius 2 is 1.67 bits per heavy atom. The molecule has 5 nitrogen and oxygen atoms in total. The average Bonchev–Trinajstić information content (AvgIpc) is 2.75. The zero-order valence-corrected chi connectivity index (χ0v) is 16.4. The van der Waals surface area contributed by atoms with Crippen molar-refractivity contribution in [2.75, 3.05) is 45.9 Å². The van der Waals surface area contributed by atoms with Crippen molar-refractivity contribution in [1.82, 2.24) is 14.7 Å². The third kappa shape index (κ3) is 4.71. The minimum Gasteiger partial charge on any atom is -0.381 e. The second kappa shape index (κ2) is 9.18. The van der Waals surface area contributed by atoms with Gasteiger partial charge in [-0.15, -0.1) is 0 Å². The van der Waals surface area contributed by atoms with Gasteiger partial charge >= 0.3 is 0 Å². The van der Waals surface area contributed by atoms with Crippen molar-refractivity contribution in [1.29, 1.82) is 0 Å². The molecule has 148 valence electrons. The van der Waals surface area contributed by atoms with E-state index in [0.29, 0.717) is 11.9 Å². The van der Waals surface area contributed by atoms with E-state index in [9.17, 15) is 4.79 Å². The summed E-state index contributed by atoms with van der Waals surface area (Å²) < 4.78 is 5.49. The number of rotatable bonds is 4. The van der Waals surface area contributed by atoms with E-state index in [1.807, 2.05) is 0 Å². The van der Waals surface area contributed by atoms with Gasteiger partial charge in [-0.1, -0.05) is 36.8 Å². The molecule has 0 radical (unpaired) electrons. The van der Waals surface area contributed by atoms with Crippen molar-refractivity contribution < 1.29 is 9.53 Å². The number of hydrogen-bond acceptors (Lipinski definition) is 4. The van der Waals surface area contributed by atoms with Crippen LogP contribution in [0.3, 0.4) is 0 Å². The maximum atomic E-state index is 13.3. The maximum Gasteiger partial charge on any atom is 0.240 e. The van der Waals surface area contributed by atoms with Crippen molar-refractivity contribution >= 4 is 5.91 Å². The summed E-state index contributed by atoms with van der Waals surface area (Å²) >= 11 is 0. The lowest BCUT2D eigenvalue weighted by atomic mass is 9.99. The van der Waals surface area contributed by atoms with Crippen LogP contribution >= 0.6 is 0 Å². The fraction of sp³-hybridized carbons (Fsp3) is 0.682. The van der Waals surface area contributed by atoms with Gasteiger partial charge in [0.1, 0.15) is 0 Å². The predicted octanol–water partition coefficient (Wildman–Crippen LogP) is 2.36. The van der Waals surface area contributed by atoms with Gasteiger partial charge in [-0.05, 0) is 37.8 Å². The van der Waals surface area contributed by atoms with Gasteiger partial charge in [0, 0.05) is 52.0 Å². The van der Waals surface area contributed by atoms with Gasteiger partial charge < -0.3 is 9.64 Å². The molecule has 3 saturated heterocycles. The molecule has 0 aliphatic carbocycles. The first-order chi connectivity index (χ1) is 13.3. The summed E-state index contributed by atoms with van der Waals surface area (Å²) in [6, 6.07) is 11.3. The highest BCUT2D eigenvalue weighted by Gasteiger charge is 2.34. The number of nitrogens with zero attached hydrogens (tertiary/aromatic N) is 3. The van der Waals surface area contributed by atoms with E-state index in [1.54, 1.807) is 0 Å². The van der Waals surface area contributed by atoms with Gasteiger partial charge in [-0.25, -0.2) is 0 Å². The standard InChI is InChI=1S/C22H33N3O2/c26-22(24-14-12-23(13-15-24)20-9-16-27-17-10-20)21-8-4-5-11-25(21)18-19-6-2-1-3-7-19/h1-3,6-7,20-21H,4-5,8-18H2. The lowest BCUT2D eigenvalue weighted by Gasteiger charge is -2.43. The Morgan fingerprint density at radius 3 is 2.41 bits per heavy atom. The molecule has 3 aliphatic rings. The Labute approximate surface area is 163 Å². The van der Waals surface area contributed by atoms with E-state index >= 15 is 0 Å². The van der Waals surface area contributed by atoms with Crippen LogP contribution in [0.5, 0.6) is 0 Å². The molecule has 3 heterocycles. The van der Waals surface area contributed by atoms with Gasteiger partial charge in [-0.3, -0.25) is 14.6 Å². The summed E-state index contributed by atoms with van der Waals surface area (Å²) in [7, 11) is 0. The predicted molar refractivity (Wildman–Crippen MR) is 106 cm³/mol. The lowest BCUT2D eigenvalue weighted by molar-refractivity contribution is -0.141. The van der Waals surface area contributed by atoms with Crippen molar-refractivity contribution in [3.63, 3.8) is 0 Å². The van der Waals surface area contributed by atoms with Gasteiger partial charge in [0.05, 0.1) is 6.04 Å². The van der Waals surface area contributed by atoms with Crippen molar-refractivity contribution in [3.8, 4) is 0 Å². The summed E-state index contributed by atoms with van der Waals surface area (Å²) in [5, 5.41) is 0. The van der Waals surface area contributed by atoms with Crippen LogP contribution in [0.2, 0.25) is 0 Å². The van der Waals surface area contributed by atoms with E-state index in [2.05, 4.69) is 45.0 Å². The number of carbonyl (C=O) groups is 1. The molecule has 0 N–H and O–H groups in total. The van der Waals surface area contributed by atoms with E-state index in [-0.39, 0.29) is 6.04 Å². The topological polar surface area (TPSA) is 36.0 Å². The van der Waals surface area contributed by atoms with Gasteiger partial charge in [0.2, 0.25) is 5.91 Å². The zero-order chi connectivity index (χ0) is 18.5. The summed E-state index contributed by atoms with van der Waals surface area (Å²) in [5.41, 5.74) is 1.31. The van der Waals surface area contributed by atoms with Crippen LogP contribution in [0.15, 0.2) is 30.3 Å². The molecule has 1 amide bonds. The smallest absolute Gasteiger partial charge is 0.240 e. The normalized spacial score (nSPS) is 26.2. The number of hydrogen-bond donors (Lipinski definition) is 0. The molecule has 1 atom stereocenters. The third-order valence-electron chi connectivity index (χ3n) is 6.46. The number of piperazine rings is 1. The first-order valence-electron chi connectivity index (χ1n) is 10.7. The quantitative estimate of drug-likeness (QED) is 0.814. The second-order valence-electron chi connectivity index (χ2n) is 8.17. The Bertz CT molecular complexity index is 595. The molecule has 1 unspecified atom stereocenters. The summed E-state index contributed by atoms with van der Waals surface area (Å²) in [4.78, 5) is 20.4. The molecule has 0 spiro atoms. The highest BCUT2D eigenvalue weighted by atomic mass is 16.5. The largest absolute Gasteiger partial charge is 0.381 e. The molecule has 0 aromatic heterocycles. The van der Waals surface area contributed by atoms with Crippen LogP contribution in [-0.4, -0.2) is 78.6 Å². The molecule has 0 bridgehead atoms. The molecule has 5 heteroatoms. The molecule has 3 aliphatic heterocycles. The van der Waals surface area contributed by atoms with Crippen molar-refractivity contribution in [2.45, 2.75) is 50.7 Å². The highest BCUT2D eigenvalue weighted by Crippen LogP contribution is 2.23. The minimum atomic E-state index is 0.0635. The summed E-state index contributed by atoms with van der Waals surface area (Å²) in [6.07, 6.45) is 5.66. The Balaban J connectivity index is 1.33. The highest BCUT2D eigenvalue weighted by molar-refractivity contribution is 5.82. The molecule has 4 rings (SSSR count). The molecular formula is C22H33N3O2. The SMILES string of the molecule is O=C(C1CCCCN1Cc1ccccc1)N1CCN(C2CCOCC2)CC1. The first kappa shape index (κ1) is 18.9. The fourth-order valence-corrected chi connectivity index (χ4v) is 4.85. The number of amides is 1. The fourth-order valence-electron chi connectivity index (χ4n) is 4.85. The van der Waals surface area contributed by atoms with Crippen LogP contribution in [0.1, 0.15) is 37.7 Å². The summed E-state index contributed by atoms with van der Waals surface area (Å²) in [5.74, 6) is 0.359. The van der Waals surface area contributed by atoms with Crippen molar-refractivity contribution in [2.24, 2.45) is 0 Å². The first-order valence-corrected chi connectivity index (χ1v) is 10.7. The molecule has 1 aromatic carbocycles. The van der Waals surface area contributed by atoms with Crippen LogP contribution in [0.4, 0.5) is 0 Å². The number of piperidine rings is 1. The van der Waals surface area contributed by atoms with Gasteiger partial charge in [-0.2, -0.15) is 0 Å². The molecular weight excluding hydrogens is 338 g/mol. The summed E-state index contributed by atoms with van der Waals surface area (Å²) in [6.45, 7) is 7.49. The minimum absolute atomic E-state index is 0.0635. The van der Waals surface area contributed by atoms with E-state index in [1.165, 1.54) is 18.4 Å². The number of ether oxygens (including phenoxy) is 1. The third-order valence-corrected chi connectivity index (χ3v) is 6.46. The van der Waals surface area contributed by atoms with Crippen LogP contribution < -0.4 is 0 Å². The van der Waals surface area contributed by atoms with E-state index in [4.69, 9.17) is 4.74 Å². The van der Waals surface area contributed by atoms with Crippen LogP contribution in [0, 0.1) is 0 Å². The van der Waals surface area contributed by atoms with Gasteiger partial charge in [0.15, 0.2) is 0 Å². The average molecular weight is 372 g/mol. The Kier molecular flexibility index (Phi) is 6.43. The van der Waals surface area contributed by atoms with Crippen LogP contribution in [-0.2, 0) is 16.1 Å². The van der Waals surface area contributed by atoms with E-state index in [0.717, 1.165) is 71.7 Å². The van der Waals surface area contributed by atoms with Gasteiger partial charge in [0.25, 0.3) is 0 Å². The molecule has 1 aromatic rings. The van der Waals surface area contributed by atoms with E-state index < -0.39 is 0 Å². The Hall–Kier alpha value is -1.43. The second-order valence-corrected chi connectivity index (χ2v) is 8.17. The van der Waals surface area contributed by atoms with Crippen molar-refractivity contribution in [3.05, 3.63) is 35.9 Å². The monoisotopic (exact) mass is 371 g/mol. The zero-order valence-electron chi connectivity index (χ0n) is 16.4. The number of likely N-dealkylation sites (tertiary alicyclic amines) is 1. The molecule has 3 fully saturated rings. The number of benzene rings is 1. The van der Waals surface area contributed by atoms with Crippen LogP contribution in [0.25, 0.3) is 0 Å². The Morgan fingerprint density at radius 1 is 0.926 bits per heavy atom. The number of carbonyl (C=O) groups excluding carboxylic acids is 1. The maximum absolute atomic E-state index is 13.3. The molecule has 0 saturated carbocycles. The molecule has 27 heavy (non-hydrogen) atoms.